The Balaban J connectivity index is 2.00. The van der Waals surface area contributed by atoms with E-state index in [1.54, 1.807) is 0 Å². The summed E-state index contributed by atoms with van der Waals surface area (Å²) in [5.41, 5.74) is 0. The minimum absolute atomic E-state index is 0.570. The van der Waals surface area contributed by atoms with E-state index < -0.39 is 0 Å². The number of nitrogens with zero attached hydrogens (tertiary/aromatic N) is 2. The summed E-state index contributed by atoms with van der Waals surface area (Å²) in [5, 5.41) is 3.56. The number of hydrogen-bond acceptors (Lipinski definition) is 4. The Morgan fingerprint density at radius 3 is 3.11 bits per heavy atom. The van der Waals surface area contributed by atoms with Crippen molar-refractivity contribution in [2.75, 3.05) is 31.6 Å². The molecule has 1 aliphatic heterocycles. The van der Waals surface area contributed by atoms with Gasteiger partial charge in [-0.2, -0.15) is 0 Å². The molecular weight excluding hydrogens is 226 g/mol. The molecule has 1 saturated heterocycles. The van der Waals surface area contributed by atoms with Crippen LogP contribution in [-0.2, 0) is 0 Å². The van der Waals surface area contributed by atoms with Crippen LogP contribution in [0.25, 0.3) is 0 Å². The number of nitrogens with one attached hydrogen (secondary N) is 1. The van der Waals surface area contributed by atoms with Crippen LogP contribution in [0, 0.1) is 0 Å². The maximum Gasteiger partial charge on any atom is 0.171 e. The Morgan fingerprint density at radius 2 is 2.39 bits per heavy atom. The minimum Gasteiger partial charge on any atom is -0.490 e. The van der Waals surface area contributed by atoms with Gasteiger partial charge in [0.25, 0.3) is 0 Å². The fraction of sp³-hybridized carbons (Fsp3) is 0.643. The summed E-state index contributed by atoms with van der Waals surface area (Å²) >= 11 is 0. The van der Waals surface area contributed by atoms with Gasteiger partial charge in [-0.15, -0.1) is 0 Å². The highest BCUT2D eigenvalue weighted by Gasteiger charge is 2.17. The van der Waals surface area contributed by atoms with Gasteiger partial charge < -0.3 is 15.0 Å². The zero-order valence-electron chi connectivity index (χ0n) is 11.4. The van der Waals surface area contributed by atoms with E-state index in [0.717, 1.165) is 24.7 Å². The van der Waals surface area contributed by atoms with Crippen LogP contribution >= 0.6 is 0 Å². The summed E-state index contributed by atoms with van der Waals surface area (Å²) < 4.78 is 5.62. The number of ether oxygens (including phenoxy) is 1. The standard InChI is InChI=1S/C14H23N3O/c1-3-18-13-8-6-10-16-14(13)17(2)11-12-7-4-5-9-15-12/h6,8,10,12,15H,3-5,7,9,11H2,1-2H3. The van der Waals surface area contributed by atoms with E-state index in [4.69, 9.17) is 4.74 Å². The van der Waals surface area contributed by atoms with Gasteiger partial charge in [0.15, 0.2) is 11.6 Å². The molecule has 2 rings (SSSR count). The van der Waals surface area contributed by atoms with Crippen molar-refractivity contribution in [3.63, 3.8) is 0 Å². The monoisotopic (exact) mass is 249 g/mol. The van der Waals surface area contributed by atoms with Crippen LogP contribution in [0.1, 0.15) is 26.2 Å². The van der Waals surface area contributed by atoms with Crippen molar-refractivity contribution in [2.45, 2.75) is 32.2 Å². The molecule has 1 atom stereocenters. The zero-order valence-corrected chi connectivity index (χ0v) is 11.4. The Morgan fingerprint density at radius 1 is 1.50 bits per heavy atom. The zero-order chi connectivity index (χ0) is 12.8. The highest BCUT2D eigenvalue weighted by molar-refractivity contribution is 5.51. The molecule has 0 bridgehead atoms. The molecule has 1 unspecified atom stereocenters. The lowest BCUT2D eigenvalue weighted by molar-refractivity contribution is 0.338. The van der Waals surface area contributed by atoms with Crippen LogP contribution in [0.2, 0.25) is 0 Å². The first kappa shape index (κ1) is 13.1. The molecule has 0 spiro atoms. The summed E-state index contributed by atoms with van der Waals surface area (Å²) in [5.74, 6) is 1.81. The summed E-state index contributed by atoms with van der Waals surface area (Å²) in [6.45, 7) is 4.80. The van der Waals surface area contributed by atoms with E-state index in [0.29, 0.717) is 12.6 Å². The predicted octanol–water partition coefficient (Wildman–Crippen LogP) is 2.06. The first-order chi connectivity index (χ1) is 8.81. The fourth-order valence-electron chi connectivity index (χ4n) is 2.43. The molecule has 1 aliphatic rings. The number of pyridine rings is 1. The molecule has 1 fully saturated rings. The van der Waals surface area contributed by atoms with Gasteiger partial charge >= 0.3 is 0 Å². The van der Waals surface area contributed by atoms with Crippen molar-refractivity contribution in [3.05, 3.63) is 18.3 Å². The second kappa shape index (κ2) is 6.59. The van der Waals surface area contributed by atoms with E-state index in [1.807, 2.05) is 25.3 Å². The summed E-state index contributed by atoms with van der Waals surface area (Å²) in [7, 11) is 2.08. The van der Waals surface area contributed by atoms with E-state index in [2.05, 4.69) is 22.2 Å². The lowest BCUT2D eigenvalue weighted by Crippen LogP contribution is -2.42. The summed E-state index contributed by atoms with van der Waals surface area (Å²) in [4.78, 5) is 6.62. The smallest absolute Gasteiger partial charge is 0.171 e. The van der Waals surface area contributed by atoms with Crippen molar-refractivity contribution < 1.29 is 4.74 Å². The first-order valence-corrected chi connectivity index (χ1v) is 6.83. The number of aromatic nitrogens is 1. The van der Waals surface area contributed by atoms with Gasteiger partial charge in [0.05, 0.1) is 6.61 Å². The largest absolute Gasteiger partial charge is 0.490 e. The van der Waals surface area contributed by atoms with Gasteiger partial charge in [-0.1, -0.05) is 6.42 Å². The topological polar surface area (TPSA) is 37.4 Å². The molecule has 1 N–H and O–H groups in total. The van der Waals surface area contributed by atoms with Crippen LogP contribution in [0.15, 0.2) is 18.3 Å². The average Bonchev–Trinajstić information content (AvgIpc) is 2.41. The van der Waals surface area contributed by atoms with E-state index in [1.165, 1.54) is 19.3 Å². The fourth-order valence-corrected chi connectivity index (χ4v) is 2.43. The summed E-state index contributed by atoms with van der Waals surface area (Å²) in [6.07, 6.45) is 5.70. The van der Waals surface area contributed by atoms with Crippen LogP contribution in [0.4, 0.5) is 5.82 Å². The lowest BCUT2D eigenvalue weighted by atomic mass is 10.0. The Labute approximate surface area is 109 Å². The second-order valence-electron chi connectivity index (χ2n) is 4.79. The molecule has 0 amide bonds. The molecule has 1 aromatic heterocycles. The van der Waals surface area contributed by atoms with Crippen LogP contribution in [0.3, 0.4) is 0 Å². The average molecular weight is 249 g/mol. The first-order valence-electron chi connectivity index (χ1n) is 6.83. The molecule has 0 aliphatic carbocycles. The molecule has 0 radical (unpaired) electrons. The molecule has 18 heavy (non-hydrogen) atoms. The highest BCUT2D eigenvalue weighted by Crippen LogP contribution is 2.24. The Hall–Kier alpha value is -1.29. The van der Waals surface area contributed by atoms with Crippen molar-refractivity contribution >= 4 is 5.82 Å². The van der Waals surface area contributed by atoms with Crippen molar-refractivity contribution in [3.8, 4) is 5.75 Å². The van der Waals surface area contributed by atoms with Gasteiger partial charge in [-0.05, 0) is 38.4 Å². The van der Waals surface area contributed by atoms with Crippen LogP contribution in [-0.4, -0.2) is 37.8 Å². The van der Waals surface area contributed by atoms with Gasteiger partial charge in [0.1, 0.15) is 0 Å². The Bertz CT molecular complexity index is 364. The lowest BCUT2D eigenvalue weighted by Gasteiger charge is -2.29. The third-order valence-corrected chi connectivity index (χ3v) is 3.32. The van der Waals surface area contributed by atoms with Gasteiger partial charge in [0.2, 0.25) is 0 Å². The van der Waals surface area contributed by atoms with E-state index in [-0.39, 0.29) is 0 Å². The molecule has 0 saturated carbocycles. The number of hydrogen-bond donors (Lipinski definition) is 1. The SMILES string of the molecule is CCOc1cccnc1N(C)CC1CCCCN1. The Kier molecular flexibility index (Phi) is 4.81. The van der Waals surface area contributed by atoms with Crippen molar-refractivity contribution in [1.29, 1.82) is 0 Å². The molecule has 2 heterocycles. The number of likely N-dealkylation sites (N-methyl/N-ethyl adjacent to an activating group) is 1. The van der Waals surface area contributed by atoms with Crippen LogP contribution in [0.5, 0.6) is 5.75 Å². The van der Waals surface area contributed by atoms with Crippen LogP contribution < -0.4 is 15.0 Å². The predicted molar refractivity (Wildman–Crippen MR) is 74.3 cm³/mol. The van der Waals surface area contributed by atoms with Crippen molar-refractivity contribution in [1.82, 2.24) is 10.3 Å². The highest BCUT2D eigenvalue weighted by atomic mass is 16.5. The van der Waals surface area contributed by atoms with Crippen molar-refractivity contribution in [2.24, 2.45) is 0 Å². The molecule has 1 aromatic rings. The van der Waals surface area contributed by atoms with Gasteiger partial charge in [0, 0.05) is 25.8 Å². The maximum atomic E-state index is 5.62. The maximum absolute atomic E-state index is 5.62. The van der Waals surface area contributed by atoms with Gasteiger partial charge in [-0.25, -0.2) is 4.98 Å². The normalized spacial score (nSPS) is 19.6. The third kappa shape index (κ3) is 3.35. The second-order valence-corrected chi connectivity index (χ2v) is 4.79. The summed E-state index contributed by atoms with van der Waals surface area (Å²) in [6, 6.07) is 4.47. The molecular formula is C14H23N3O. The number of anilines is 1. The molecule has 0 aromatic carbocycles. The third-order valence-electron chi connectivity index (χ3n) is 3.32. The van der Waals surface area contributed by atoms with E-state index in [9.17, 15) is 0 Å². The number of piperidine rings is 1. The minimum atomic E-state index is 0.570. The van der Waals surface area contributed by atoms with Gasteiger partial charge in [-0.3, -0.25) is 0 Å². The van der Waals surface area contributed by atoms with E-state index >= 15 is 0 Å². The quantitative estimate of drug-likeness (QED) is 0.866. The molecule has 100 valence electrons. The molecule has 4 heteroatoms. The number of rotatable bonds is 5. The molecule has 4 nitrogen and oxygen atoms in total.